The van der Waals surface area contributed by atoms with Crippen LogP contribution in [0, 0.1) is 19.8 Å². The van der Waals surface area contributed by atoms with E-state index < -0.39 is 0 Å². The number of hydrogen-bond acceptors (Lipinski definition) is 2. The maximum Gasteiger partial charge on any atom is 0.121 e. The molecule has 0 heterocycles. The van der Waals surface area contributed by atoms with E-state index in [0.717, 1.165) is 23.6 Å². The second-order valence-corrected chi connectivity index (χ2v) is 5.79. The van der Waals surface area contributed by atoms with Crippen LogP contribution < -0.4 is 5.32 Å². The Kier molecular flexibility index (Phi) is 4.28. The first kappa shape index (κ1) is 13.4. The maximum atomic E-state index is 9.76. The lowest BCUT2D eigenvalue weighted by molar-refractivity contribution is 0.380. The Morgan fingerprint density at radius 2 is 1.78 bits per heavy atom. The summed E-state index contributed by atoms with van der Waals surface area (Å²) in [4.78, 5) is 0. The zero-order valence-corrected chi connectivity index (χ0v) is 11.8. The van der Waals surface area contributed by atoms with Gasteiger partial charge >= 0.3 is 0 Å². The number of phenolic OH excluding ortho intramolecular Hbond substituents is 1. The zero-order valence-electron chi connectivity index (χ0n) is 11.8. The summed E-state index contributed by atoms with van der Waals surface area (Å²) in [5, 5.41) is 13.4. The fraction of sp³-hybridized carbons (Fsp3) is 0.625. The van der Waals surface area contributed by atoms with Gasteiger partial charge in [0.2, 0.25) is 0 Å². The molecule has 2 rings (SSSR count). The van der Waals surface area contributed by atoms with Crippen LogP contribution in [0.3, 0.4) is 0 Å². The summed E-state index contributed by atoms with van der Waals surface area (Å²) in [6.45, 7) is 7.13. The molecule has 18 heavy (non-hydrogen) atoms. The molecule has 1 saturated carbocycles. The van der Waals surface area contributed by atoms with Gasteiger partial charge in [0.05, 0.1) is 0 Å². The van der Waals surface area contributed by atoms with Crippen molar-refractivity contribution in [2.45, 2.75) is 59.0 Å². The van der Waals surface area contributed by atoms with Crippen LogP contribution >= 0.6 is 0 Å². The van der Waals surface area contributed by atoms with Gasteiger partial charge in [0.15, 0.2) is 0 Å². The molecule has 1 aromatic rings. The second-order valence-electron chi connectivity index (χ2n) is 5.79. The van der Waals surface area contributed by atoms with E-state index in [1.54, 1.807) is 0 Å². The van der Waals surface area contributed by atoms with Crippen LogP contribution in [0.1, 0.15) is 49.3 Å². The maximum absolute atomic E-state index is 9.76. The molecule has 1 unspecified atom stereocenters. The average Bonchev–Trinajstić information content (AvgIpc) is 2.86. The van der Waals surface area contributed by atoms with Gasteiger partial charge in [-0.25, -0.2) is 0 Å². The number of hydrogen-bond donors (Lipinski definition) is 2. The summed E-state index contributed by atoms with van der Waals surface area (Å²) in [7, 11) is 0. The van der Waals surface area contributed by atoms with E-state index in [1.165, 1.54) is 31.2 Å². The van der Waals surface area contributed by atoms with Gasteiger partial charge in [-0.1, -0.05) is 25.0 Å². The quantitative estimate of drug-likeness (QED) is 0.850. The summed E-state index contributed by atoms with van der Waals surface area (Å²) in [6, 6.07) is 4.76. The SMILES string of the molecule is Cc1cc(CNC(C)C2CCCC2)cc(C)c1O. The molecule has 2 heteroatoms. The number of aryl methyl sites for hydroxylation is 2. The first-order valence-electron chi connectivity index (χ1n) is 7.10. The predicted molar refractivity (Wildman–Crippen MR) is 75.8 cm³/mol. The second kappa shape index (κ2) is 5.75. The molecule has 1 fully saturated rings. The molecule has 1 aromatic carbocycles. The van der Waals surface area contributed by atoms with Crippen molar-refractivity contribution in [3.05, 3.63) is 28.8 Å². The molecule has 2 N–H and O–H groups in total. The van der Waals surface area contributed by atoms with Crippen molar-refractivity contribution in [1.82, 2.24) is 5.32 Å². The molecule has 0 radical (unpaired) electrons. The van der Waals surface area contributed by atoms with Crippen molar-refractivity contribution in [3.63, 3.8) is 0 Å². The van der Waals surface area contributed by atoms with E-state index in [1.807, 2.05) is 13.8 Å². The summed E-state index contributed by atoms with van der Waals surface area (Å²) in [5.41, 5.74) is 3.22. The topological polar surface area (TPSA) is 32.3 Å². The first-order chi connectivity index (χ1) is 8.58. The molecule has 2 nitrogen and oxygen atoms in total. The lowest BCUT2D eigenvalue weighted by atomic mass is 9.99. The zero-order chi connectivity index (χ0) is 13.1. The Hall–Kier alpha value is -1.02. The largest absolute Gasteiger partial charge is 0.507 e. The minimum absolute atomic E-state index is 0.433. The van der Waals surface area contributed by atoms with Crippen molar-refractivity contribution < 1.29 is 5.11 Å². The van der Waals surface area contributed by atoms with Crippen molar-refractivity contribution in [2.24, 2.45) is 5.92 Å². The summed E-state index contributed by atoms with van der Waals surface area (Å²) in [6.07, 6.45) is 5.55. The van der Waals surface area contributed by atoms with E-state index in [4.69, 9.17) is 0 Å². The highest BCUT2D eigenvalue weighted by atomic mass is 16.3. The van der Waals surface area contributed by atoms with E-state index in [9.17, 15) is 5.11 Å². The van der Waals surface area contributed by atoms with Crippen LogP contribution in [-0.2, 0) is 6.54 Å². The van der Waals surface area contributed by atoms with Crippen LogP contribution in [0.4, 0.5) is 0 Å². The Labute approximate surface area is 110 Å². The van der Waals surface area contributed by atoms with Crippen molar-refractivity contribution in [2.75, 3.05) is 0 Å². The monoisotopic (exact) mass is 247 g/mol. The third kappa shape index (κ3) is 3.05. The van der Waals surface area contributed by atoms with Gasteiger partial charge in [0, 0.05) is 12.6 Å². The highest BCUT2D eigenvalue weighted by Crippen LogP contribution is 2.28. The van der Waals surface area contributed by atoms with Gasteiger partial charge in [-0.2, -0.15) is 0 Å². The smallest absolute Gasteiger partial charge is 0.121 e. The van der Waals surface area contributed by atoms with Gasteiger partial charge < -0.3 is 10.4 Å². The van der Waals surface area contributed by atoms with E-state index >= 15 is 0 Å². The van der Waals surface area contributed by atoms with Gasteiger partial charge in [-0.3, -0.25) is 0 Å². The highest BCUT2D eigenvalue weighted by Gasteiger charge is 2.20. The van der Waals surface area contributed by atoms with Crippen molar-refractivity contribution in [1.29, 1.82) is 0 Å². The molecule has 0 bridgehead atoms. The molecule has 1 aliphatic carbocycles. The minimum Gasteiger partial charge on any atom is -0.507 e. The molecule has 0 spiro atoms. The number of aromatic hydroxyl groups is 1. The van der Waals surface area contributed by atoms with E-state index in [-0.39, 0.29) is 0 Å². The summed E-state index contributed by atoms with van der Waals surface area (Å²) < 4.78 is 0. The number of nitrogens with one attached hydrogen (secondary N) is 1. The van der Waals surface area contributed by atoms with Gasteiger partial charge in [-0.05, 0) is 56.2 Å². The molecule has 1 aliphatic rings. The third-order valence-corrected chi connectivity index (χ3v) is 4.29. The standard InChI is InChI=1S/C16H25NO/c1-11-8-14(9-12(2)16(11)18)10-17-13(3)15-6-4-5-7-15/h8-9,13,15,17-18H,4-7,10H2,1-3H3. The molecule has 1 atom stereocenters. The first-order valence-corrected chi connectivity index (χ1v) is 7.10. The fourth-order valence-corrected chi connectivity index (χ4v) is 3.05. The van der Waals surface area contributed by atoms with Crippen LogP contribution in [-0.4, -0.2) is 11.1 Å². The van der Waals surface area contributed by atoms with Gasteiger partial charge in [0.25, 0.3) is 0 Å². The Bertz CT molecular complexity index is 385. The van der Waals surface area contributed by atoms with Crippen LogP contribution in [0.15, 0.2) is 12.1 Å². The highest BCUT2D eigenvalue weighted by molar-refractivity contribution is 5.42. The normalized spacial score (nSPS) is 18.2. The van der Waals surface area contributed by atoms with Gasteiger partial charge in [-0.15, -0.1) is 0 Å². The molecular formula is C16H25NO. The van der Waals surface area contributed by atoms with Crippen LogP contribution in [0.25, 0.3) is 0 Å². The molecule has 0 aromatic heterocycles. The summed E-state index contributed by atoms with van der Waals surface area (Å²) in [5.74, 6) is 1.28. The molecule has 100 valence electrons. The Morgan fingerprint density at radius 1 is 1.22 bits per heavy atom. The average molecular weight is 247 g/mol. The minimum atomic E-state index is 0.433. The van der Waals surface area contributed by atoms with Crippen molar-refractivity contribution in [3.8, 4) is 5.75 Å². The predicted octanol–water partition coefficient (Wildman–Crippen LogP) is 3.68. The number of phenols is 1. The van der Waals surface area contributed by atoms with Crippen LogP contribution in [0.2, 0.25) is 0 Å². The number of rotatable bonds is 4. The Morgan fingerprint density at radius 3 is 2.33 bits per heavy atom. The molecular weight excluding hydrogens is 222 g/mol. The summed E-state index contributed by atoms with van der Waals surface area (Å²) >= 11 is 0. The van der Waals surface area contributed by atoms with Gasteiger partial charge in [0.1, 0.15) is 5.75 Å². The van der Waals surface area contributed by atoms with E-state index in [2.05, 4.69) is 24.4 Å². The Balaban J connectivity index is 1.93. The fourth-order valence-electron chi connectivity index (χ4n) is 3.05. The van der Waals surface area contributed by atoms with Crippen LogP contribution in [0.5, 0.6) is 5.75 Å². The molecule has 0 aliphatic heterocycles. The lowest BCUT2D eigenvalue weighted by Gasteiger charge is -2.20. The lowest BCUT2D eigenvalue weighted by Crippen LogP contribution is -2.31. The number of benzene rings is 1. The molecule has 0 amide bonds. The van der Waals surface area contributed by atoms with Crippen molar-refractivity contribution >= 4 is 0 Å². The molecule has 0 saturated heterocycles. The van der Waals surface area contributed by atoms with E-state index in [0.29, 0.717) is 11.8 Å². The third-order valence-electron chi connectivity index (χ3n) is 4.29.